The number of benzene rings is 2. The topological polar surface area (TPSA) is 76.6 Å². The number of hydrogen-bond donors (Lipinski definition) is 1. The summed E-state index contributed by atoms with van der Waals surface area (Å²) in [6, 6.07) is 17.9. The van der Waals surface area contributed by atoms with Crippen molar-refractivity contribution in [2.45, 2.75) is 17.6 Å². The number of nitrogens with zero attached hydrogens (tertiary/aromatic N) is 2. The number of aromatic nitrogens is 2. The Morgan fingerprint density at radius 3 is 2.72 bits per heavy atom. The van der Waals surface area contributed by atoms with Crippen LogP contribution in [-0.2, 0) is 5.75 Å². The van der Waals surface area contributed by atoms with Gasteiger partial charge in [0.15, 0.2) is 5.65 Å². The molecule has 0 radical (unpaired) electrons. The first-order valence-electron chi connectivity index (χ1n) is 8.78. The Hall–Kier alpha value is -2.84. The van der Waals surface area contributed by atoms with Crippen molar-refractivity contribution >= 4 is 44.9 Å². The Morgan fingerprint density at radius 1 is 1.17 bits per heavy atom. The van der Waals surface area contributed by atoms with Crippen LogP contribution in [0.25, 0.3) is 5.65 Å². The predicted molar refractivity (Wildman–Crippen MR) is 117 cm³/mol. The van der Waals surface area contributed by atoms with Crippen molar-refractivity contribution in [2.24, 2.45) is 0 Å². The molecular weight excluding hydrogens is 454 g/mol. The second kappa shape index (κ2) is 8.26. The Balaban J connectivity index is 1.52. The quantitative estimate of drug-likeness (QED) is 0.420. The summed E-state index contributed by atoms with van der Waals surface area (Å²) in [7, 11) is 0. The van der Waals surface area contributed by atoms with Crippen LogP contribution in [0.4, 0.5) is 5.69 Å². The number of para-hydroxylation sites is 1. The second-order valence-electron chi connectivity index (χ2n) is 6.33. The normalized spacial score (nSPS) is 11.0. The molecule has 6 nitrogen and oxygen atoms in total. The summed E-state index contributed by atoms with van der Waals surface area (Å²) >= 11 is 4.87. The smallest absolute Gasteiger partial charge is 0.287 e. The molecule has 0 fully saturated rings. The predicted octanol–water partition coefficient (Wildman–Crippen LogP) is 4.90. The number of anilines is 1. The number of hydrogen-bond acceptors (Lipinski definition) is 5. The van der Waals surface area contributed by atoms with Gasteiger partial charge in [0.1, 0.15) is 5.76 Å². The van der Waals surface area contributed by atoms with Gasteiger partial charge < -0.3 is 9.84 Å². The Labute approximate surface area is 179 Å². The number of halogens is 1. The summed E-state index contributed by atoms with van der Waals surface area (Å²) in [4.78, 5) is 30.1. The molecule has 0 spiro atoms. The zero-order valence-electron chi connectivity index (χ0n) is 15.4. The monoisotopic (exact) mass is 469 g/mol. The SMILES string of the molecule is Cc1cc2nc(CSc3ccccc3NC(=O)c3ccc(Br)cc3)cc(=O)n2o1. The van der Waals surface area contributed by atoms with Crippen LogP contribution in [0.15, 0.2) is 79.3 Å². The van der Waals surface area contributed by atoms with Crippen LogP contribution < -0.4 is 10.9 Å². The standard InChI is InChI=1S/C21H16BrN3O3S/c1-13-10-19-23-16(11-20(26)25(19)28-13)12-29-18-5-3-2-4-17(18)24-21(27)14-6-8-15(22)9-7-14/h2-11H,12H2,1H3,(H,24,27). The van der Waals surface area contributed by atoms with E-state index in [9.17, 15) is 9.59 Å². The van der Waals surface area contributed by atoms with Gasteiger partial charge >= 0.3 is 0 Å². The van der Waals surface area contributed by atoms with Crippen LogP contribution in [0.1, 0.15) is 21.8 Å². The van der Waals surface area contributed by atoms with E-state index in [0.717, 1.165) is 9.37 Å². The summed E-state index contributed by atoms with van der Waals surface area (Å²) in [5.74, 6) is 0.929. The minimum absolute atomic E-state index is 0.183. The van der Waals surface area contributed by atoms with Crippen LogP contribution in [0, 0.1) is 6.92 Å². The van der Waals surface area contributed by atoms with Crippen LogP contribution in [0.2, 0.25) is 0 Å². The van der Waals surface area contributed by atoms with Gasteiger partial charge in [0.05, 0.1) is 11.4 Å². The molecule has 4 aromatic rings. The number of fused-ring (bicyclic) bond motifs is 1. The highest BCUT2D eigenvalue weighted by Crippen LogP contribution is 2.29. The van der Waals surface area contributed by atoms with Crippen LogP contribution in [0.5, 0.6) is 0 Å². The first kappa shape index (κ1) is 19.5. The van der Waals surface area contributed by atoms with E-state index in [-0.39, 0.29) is 11.5 Å². The maximum absolute atomic E-state index is 12.5. The summed E-state index contributed by atoms with van der Waals surface area (Å²) < 4.78 is 7.40. The largest absolute Gasteiger partial charge is 0.375 e. The van der Waals surface area contributed by atoms with Gasteiger partial charge in [0.2, 0.25) is 0 Å². The lowest BCUT2D eigenvalue weighted by atomic mass is 10.2. The highest BCUT2D eigenvalue weighted by atomic mass is 79.9. The lowest BCUT2D eigenvalue weighted by Gasteiger charge is -2.11. The van der Waals surface area contributed by atoms with Crippen LogP contribution in [-0.4, -0.2) is 15.5 Å². The molecule has 0 saturated heterocycles. The Morgan fingerprint density at radius 2 is 1.93 bits per heavy atom. The molecule has 0 unspecified atom stereocenters. The van der Waals surface area contributed by atoms with E-state index >= 15 is 0 Å². The molecule has 0 atom stereocenters. The molecule has 0 bridgehead atoms. The van der Waals surface area contributed by atoms with Crippen molar-refractivity contribution in [3.8, 4) is 0 Å². The van der Waals surface area contributed by atoms with Gasteiger partial charge in [0.25, 0.3) is 11.5 Å². The minimum Gasteiger partial charge on any atom is -0.375 e. The summed E-state index contributed by atoms with van der Waals surface area (Å²) in [5, 5.41) is 2.95. The van der Waals surface area contributed by atoms with E-state index in [2.05, 4.69) is 26.2 Å². The average molecular weight is 470 g/mol. The highest BCUT2D eigenvalue weighted by Gasteiger charge is 2.11. The van der Waals surface area contributed by atoms with E-state index < -0.39 is 0 Å². The number of amides is 1. The van der Waals surface area contributed by atoms with Crippen molar-refractivity contribution in [1.29, 1.82) is 0 Å². The van der Waals surface area contributed by atoms with Crippen molar-refractivity contribution in [2.75, 3.05) is 5.32 Å². The summed E-state index contributed by atoms with van der Waals surface area (Å²) in [5.41, 5.74) is 2.17. The van der Waals surface area contributed by atoms with Crippen molar-refractivity contribution in [3.05, 3.63) is 92.5 Å². The lowest BCUT2D eigenvalue weighted by Crippen LogP contribution is -2.13. The molecule has 146 valence electrons. The fourth-order valence-electron chi connectivity index (χ4n) is 2.79. The maximum atomic E-state index is 12.5. The van der Waals surface area contributed by atoms with Gasteiger partial charge in [-0.2, -0.15) is 0 Å². The highest BCUT2D eigenvalue weighted by molar-refractivity contribution is 9.10. The zero-order valence-corrected chi connectivity index (χ0v) is 17.8. The third-order valence-electron chi connectivity index (χ3n) is 4.14. The Bertz CT molecular complexity index is 1250. The van der Waals surface area contributed by atoms with Gasteiger partial charge in [-0.3, -0.25) is 9.59 Å². The number of nitrogens with one attached hydrogen (secondary N) is 1. The number of rotatable bonds is 5. The molecule has 29 heavy (non-hydrogen) atoms. The van der Waals surface area contributed by atoms with Crippen LogP contribution >= 0.6 is 27.7 Å². The molecule has 1 N–H and O–H groups in total. The van der Waals surface area contributed by atoms with Gasteiger partial charge in [0, 0.05) is 32.8 Å². The number of carbonyl (C=O) groups excluding carboxylic acids is 1. The van der Waals surface area contributed by atoms with E-state index in [1.807, 2.05) is 36.4 Å². The fourth-order valence-corrected chi connectivity index (χ4v) is 3.96. The van der Waals surface area contributed by atoms with Gasteiger partial charge in [-0.25, -0.2) is 4.98 Å². The molecule has 0 aliphatic carbocycles. The van der Waals surface area contributed by atoms with Gasteiger partial charge in [-0.15, -0.1) is 16.3 Å². The van der Waals surface area contributed by atoms with Crippen molar-refractivity contribution < 1.29 is 9.32 Å². The summed E-state index contributed by atoms with van der Waals surface area (Å²) in [6.07, 6.45) is 0. The molecule has 4 rings (SSSR count). The first-order chi connectivity index (χ1) is 14.0. The van der Waals surface area contributed by atoms with Gasteiger partial charge in [-0.1, -0.05) is 28.1 Å². The molecule has 0 aliphatic rings. The average Bonchev–Trinajstić information content (AvgIpc) is 3.08. The van der Waals surface area contributed by atoms with Crippen LogP contribution in [0.3, 0.4) is 0 Å². The number of thioether (sulfide) groups is 1. The van der Waals surface area contributed by atoms with E-state index in [1.54, 1.807) is 25.1 Å². The third-order valence-corrected chi connectivity index (χ3v) is 5.78. The number of aryl methyl sites for hydroxylation is 1. The Kier molecular flexibility index (Phi) is 5.55. The third kappa shape index (κ3) is 4.44. The zero-order chi connectivity index (χ0) is 20.4. The number of carbonyl (C=O) groups is 1. The molecule has 0 saturated carbocycles. The minimum atomic E-state index is -0.254. The molecule has 8 heteroatoms. The second-order valence-corrected chi connectivity index (χ2v) is 8.26. The molecule has 1 amide bonds. The lowest BCUT2D eigenvalue weighted by molar-refractivity contribution is 0.102. The van der Waals surface area contributed by atoms with Crippen molar-refractivity contribution in [1.82, 2.24) is 9.56 Å². The first-order valence-corrected chi connectivity index (χ1v) is 10.6. The van der Waals surface area contributed by atoms with Crippen molar-refractivity contribution in [3.63, 3.8) is 0 Å². The van der Waals surface area contributed by atoms with E-state index in [0.29, 0.717) is 34.1 Å². The van der Waals surface area contributed by atoms with E-state index in [1.165, 1.54) is 22.4 Å². The summed E-state index contributed by atoms with van der Waals surface area (Å²) in [6.45, 7) is 1.77. The van der Waals surface area contributed by atoms with E-state index in [4.69, 9.17) is 4.52 Å². The van der Waals surface area contributed by atoms with Gasteiger partial charge in [-0.05, 0) is 43.3 Å². The maximum Gasteiger partial charge on any atom is 0.287 e. The molecule has 2 aromatic carbocycles. The molecule has 2 aromatic heterocycles. The molecular formula is C21H16BrN3O3S. The fraction of sp³-hybridized carbons (Fsp3) is 0.0952. The molecule has 0 aliphatic heterocycles. The molecule has 2 heterocycles.